The van der Waals surface area contributed by atoms with Crippen molar-refractivity contribution in [3.05, 3.63) is 104 Å². The summed E-state index contributed by atoms with van der Waals surface area (Å²) in [4.78, 5) is 24.7. The van der Waals surface area contributed by atoms with E-state index in [-0.39, 0.29) is 22.4 Å². The molecule has 184 valence electrons. The number of ketones is 1. The number of nitro benzene ring substituents is 1. The molecule has 0 aromatic heterocycles. The highest BCUT2D eigenvalue weighted by atomic mass is 35.5. The number of ether oxygens (including phenoxy) is 1. The van der Waals surface area contributed by atoms with Gasteiger partial charge in [0.25, 0.3) is 5.69 Å². The van der Waals surface area contributed by atoms with Crippen molar-refractivity contribution < 1.29 is 14.5 Å². The SMILES string of the molecule is CCCOc1ccc(C2CC(=O)C3=C(C2)Nc2ccccc2NC3c2ccc(Cl)c([N+](=O)[O-])c2)cc1. The van der Waals surface area contributed by atoms with Crippen LogP contribution in [0.3, 0.4) is 0 Å². The Labute approximate surface area is 214 Å². The molecule has 0 saturated heterocycles. The van der Waals surface area contributed by atoms with E-state index in [4.69, 9.17) is 16.3 Å². The van der Waals surface area contributed by atoms with Gasteiger partial charge in [0.1, 0.15) is 10.8 Å². The van der Waals surface area contributed by atoms with E-state index in [0.29, 0.717) is 30.6 Å². The van der Waals surface area contributed by atoms with Gasteiger partial charge in [-0.15, -0.1) is 0 Å². The quantitative estimate of drug-likeness (QED) is 0.277. The van der Waals surface area contributed by atoms with Crippen molar-refractivity contribution in [3.63, 3.8) is 0 Å². The minimum Gasteiger partial charge on any atom is -0.494 e. The van der Waals surface area contributed by atoms with E-state index in [1.807, 2.05) is 48.5 Å². The summed E-state index contributed by atoms with van der Waals surface area (Å²) < 4.78 is 5.70. The molecule has 1 heterocycles. The van der Waals surface area contributed by atoms with E-state index < -0.39 is 11.0 Å². The number of fused-ring (bicyclic) bond motifs is 1. The maximum Gasteiger partial charge on any atom is 0.288 e. The predicted molar refractivity (Wildman–Crippen MR) is 141 cm³/mol. The number of nitrogens with one attached hydrogen (secondary N) is 2. The van der Waals surface area contributed by atoms with Gasteiger partial charge in [0.15, 0.2) is 5.78 Å². The summed E-state index contributed by atoms with van der Waals surface area (Å²) in [5.74, 6) is 0.829. The molecule has 3 aromatic carbocycles. The Hall–Kier alpha value is -3.84. The highest BCUT2D eigenvalue weighted by molar-refractivity contribution is 6.32. The summed E-state index contributed by atoms with van der Waals surface area (Å²) in [6.07, 6.45) is 1.92. The number of anilines is 2. The van der Waals surface area contributed by atoms with Crippen LogP contribution in [0.5, 0.6) is 5.75 Å². The van der Waals surface area contributed by atoms with Gasteiger partial charge < -0.3 is 15.4 Å². The third-order valence-electron chi connectivity index (χ3n) is 6.63. The number of hydrogen-bond acceptors (Lipinski definition) is 6. The van der Waals surface area contributed by atoms with E-state index >= 15 is 0 Å². The van der Waals surface area contributed by atoms with Crippen molar-refractivity contribution in [3.8, 4) is 5.75 Å². The molecule has 0 radical (unpaired) electrons. The molecule has 1 aliphatic carbocycles. The maximum atomic E-state index is 13.7. The lowest BCUT2D eigenvalue weighted by molar-refractivity contribution is -0.384. The normalized spacial score (nSPS) is 18.9. The molecule has 2 N–H and O–H groups in total. The summed E-state index contributed by atoms with van der Waals surface area (Å²) in [5, 5.41) is 18.6. The average molecular weight is 504 g/mol. The van der Waals surface area contributed by atoms with Crippen molar-refractivity contribution in [2.24, 2.45) is 0 Å². The topological polar surface area (TPSA) is 93.5 Å². The summed E-state index contributed by atoms with van der Waals surface area (Å²) in [6, 6.07) is 19.8. The molecule has 0 spiro atoms. The first-order valence-corrected chi connectivity index (χ1v) is 12.4. The zero-order chi connectivity index (χ0) is 25.2. The van der Waals surface area contributed by atoms with Gasteiger partial charge in [-0.05, 0) is 60.2 Å². The number of Topliss-reactive ketones (excluding diaryl/α,β-unsaturated/α-hetero) is 1. The fourth-order valence-electron chi connectivity index (χ4n) is 4.88. The van der Waals surface area contributed by atoms with Gasteiger partial charge in [-0.2, -0.15) is 0 Å². The van der Waals surface area contributed by atoms with Crippen LogP contribution in [-0.2, 0) is 4.79 Å². The molecule has 0 bridgehead atoms. The van der Waals surface area contributed by atoms with E-state index in [9.17, 15) is 14.9 Å². The van der Waals surface area contributed by atoms with Crippen LogP contribution < -0.4 is 15.4 Å². The van der Waals surface area contributed by atoms with E-state index in [1.165, 1.54) is 12.1 Å². The zero-order valence-electron chi connectivity index (χ0n) is 19.8. The van der Waals surface area contributed by atoms with E-state index in [1.54, 1.807) is 6.07 Å². The predicted octanol–water partition coefficient (Wildman–Crippen LogP) is 7.02. The first-order chi connectivity index (χ1) is 17.4. The number of allylic oxidation sites excluding steroid dienone is 1. The average Bonchev–Trinajstić information content (AvgIpc) is 3.05. The number of hydrogen-bond donors (Lipinski definition) is 2. The third-order valence-corrected chi connectivity index (χ3v) is 6.95. The second-order valence-corrected chi connectivity index (χ2v) is 9.46. The molecular weight excluding hydrogens is 478 g/mol. The number of nitro groups is 1. The third kappa shape index (κ3) is 4.66. The number of carbonyl (C=O) groups excluding carboxylic acids is 1. The second kappa shape index (κ2) is 10.0. The number of nitrogens with zero attached hydrogens (tertiary/aromatic N) is 1. The molecule has 2 atom stereocenters. The van der Waals surface area contributed by atoms with Crippen molar-refractivity contribution in [2.75, 3.05) is 17.2 Å². The van der Waals surface area contributed by atoms with Crippen LogP contribution in [0.15, 0.2) is 78.0 Å². The fourth-order valence-corrected chi connectivity index (χ4v) is 5.07. The number of carbonyl (C=O) groups is 1. The molecule has 2 unspecified atom stereocenters. The fraction of sp³-hybridized carbons (Fsp3) is 0.250. The Morgan fingerprint density at radius 3 is 2.47 bits per heavy atom. The molecule has 8 heteroatoms. The van der Waals surface area contributed by atoms with Crippen LogP contribution in [0.1, 0.15) is 49.3 Å². The largest absolute Gasteiger partial charge is 0.494 e. The first kappa shape index (κ1) is 23.9. The molecule has 3 aromatic rings. The summed E-state index contributed by atoms with van der Waals surface area (Å²) >= 11 is 6.07. The van der Waals surface area contributed by atoms with Gasteiger partial charge >= 0.3 is 0 Å². The van der Waals surface area contributed by atoms with Gasteiger partial charge in [0, 0.05) is 23.8 Å². The van der Waals surface area contributed by atoms with Crippen LogP contribution >= 0.6 is 11.6 Å². The molecule has 36 heavy (non-hydrogen) atoms. The van der Waals surface area contributed by atoms with Gasteiger partial charge in [-0.1, -0.05) is 48.9 Å². The van der Waals surface area contributed by atoms with Crippen LogP contribution in [0.25, 0.3) is 0 Å². The Morgan fingerprint density at radius 1 is 1.03 bits per heavy atom. The van der Waals surface area contributed by atoms with Crippen LogP contribution in [-0.4, -0.2) is 17.3 Å². The minimum absolute atomic E-state index is 0.00275. The van der Waals surface area contributed by atoms with Gasteiger partial charge in [-0.25, -0.2) is 0 Å². The minimum atomic E-state index is -0.551. The van der Waals surface area contributed by atoms with E-state index in [2.05, 4.69) is 17.6 Å². The molecule has 0 amide bonds. The Bertz CT molecular complexity index is 1350. The van der Waals surface area contributed by atoms with Crippen LogP contribution in [0.4, 0.5) is 17.1 Å². The standard InChI is InChI=1S/C28H26ClN3O4/c1-2-13-36-20-10-7-17(8-11-20)19-14-24-27(26(33)16-19)28(31-23-6-4-3-5-22(23)30-24)18-9-12-21(29)25(15-18)32(34)35/h3-12,15,19,28,30-31H,2,13-14,16H2,1H3. The Kier molecular flexibility index (Phi) is 6.65. The summed E-state index contributed by atoms with van der Waals surface area (Å²) in [5.41, 5.74) is 4.59. The molecular formula is C28H26ClN3O4. The highest BCUT2D eigenvalue weighted by Crippen LogP contribution is 2.45. The zero-order valence-corrected chi connectivity index (χ0v) is 20.5. The molecule has 2 aliphatic rings. The highest BCUT2D eigenvalue weighted by Gasteiger charge is 2.36. The van der Waals surface area contributed by atoms with Crippen molar-refractivity contribution in [2.45, 2.75) is 38.1 Å². The van der Waals surface area contributed by atoms with Crippen molar-refractivity contribution in [1.29, 1.82) is 0 Å². The Balaban J connectivity index is 1.54. The molecule has 5 rings (SSSR count). The monoisotopic (exact) mass is 503 g/mol. The number of rotatable bonds is 6. The summed E-state index contributed by atoms with van der Waals surface area (Å²) in [7, 11) is 0. The second-order valence-electron chi connectivity index (χ2n) is 9.05. The van der Waals surface area contributed by atoms with Gasteiger partial charge in [0.05, 0.1) is 28.9 Å². The lowest BCUT2D eigenvalue weighted by Crippen LogP contribution is -2.27. The van der Waals surface area contributed by atoms with Crippen molar-refractivity contribution in [1.82, 2.24) is 0 Å². The number of benzene rings is 3. The molecule has 0 fully saturated rings. The Morgan fingerprint density at radius 2 is 1.75 bits per heavy atom. The maximum absolute atomic E-state index is 13.7. The number of halogens is 1. The first-order valence-electron chi connectivity index (χ1n) is 12.0. The number of para-hydroxylation sites is 2. The van der Waals surface area contributed by atoms with Crippen molar-refractivity contribution >= 4 is 34.4 Å². The molecule has 7 nitrogen and oxygen atoms in total. The van der Waals surface area contributed by atoms with Gasteiger partial charge in [0.2, 0.25) is 0 Å². The van der Waals surface area contributed by atoms with Gasteiger partial charge in [-0.3, -0.25) is 14.9 Å². The van der Waals surface area contributed by atoms with Crippen LogP contribution in [0, 0.1) is 10.1 Å². The molecule has 0 saturated carbocycles. The summed E-state index contributed by atoms with van der Waals surface area (Å²) in [6.45, 7) is 2.73. The lowest BCUT2D eigenvalue weighted by atomic mass is 9.78. The molecule has 1 aliphatic heterocycles. The smallest absolute Gasteiger partial charge is 0.288 e. The lowest BCUT2D eigenvalue weighted by Gasteiger charge is -2.30. The van der Waals surface area contributed by atoms with Crippen LogP contribution in [0.2, 0.25) is 5.02 Å². The van der Waals surface area contributed by atoms with E-state index in [0.717, 1.165) is 34.8 Å².